The second-order valence-corrected chi connectivity index (χ2v) is 4.34. The third kappa shape index (κ3) is 3.83. The van der Waals surface area contributed by atoms with Crippen LogP contribution in [0.3, 0.4) is 0 Å². The van der Waals surface area contributed by atoms with Gasteiger partial charge in [0, 0.05) is 12.1 Å². The molecular formula is C13H18ClNO4. The SMILES string of the molecule is COc1cc(C=O)ccc1O[C@@]1(C)COCCN1.Cl. The van der Waals surface area contributed by atoms with Crippen molar-refractivity contribution in [3.05, 3.63) is 23.8 Å². The zero-order valence-corrected chi connectivity index (χ0v) is 11.8. The maximum atomic E-state index is 10.7. The molecule has 1 N–H and O–H groups in total. The second-order valence-electron chi connectivity index (χ2n) is 4.34. The molecule has 0 aromatic heterocycles. The Labute approximate surface area is 118 Å². The van der Waals surface area contributed by atoms with Gasteiger partial charge in [-0.3, -0.25) is 10.1 Å². The first kappa shape index (κ1) is 15.8. The molecule has 0 aliphatic carbocycles. The smallest absolute Gasteiger partial charge is 0.181 e. The van der Waals surface area contributed by atoms with E-state index in [1.165, 1.54) is 0 Å². The zero-order chi connectivity index (χ0) is 13.0. The highest BCUT2D eigenvalue weighted by Gasteiger charge is 2.30. The van der Waals surface area contributed by atoms with Crippen LogP contribution in [0.5, 0.6) is 11.5 Å². The van der Waals surface area contributed by atoms with Crippen LogP contribution in [0.2, 0.25) is 0 Å². The first-order valence-corrected chi connectivity index (χ1v) is 5.82. The van der Waals surface area contributed by atoms with Gasteiger partial charge in [0.05, 0.1) is 13.7 Å². The lowest BCUT2D eigenvalue weighted by molar-refractivity contribution is -0.0710. The number of nitrogens with one attached hydrogen (secondary N) is 1. The molecule has 1 atom stereocenters. The van der Waals surface area contributed by atoms with E-state index >= 15 is 0 Å². The maximum Gasteiger partial charge on any atom is 0.181 e. The number of hydrogen-bond acceptors (Lipinski definition) is 5. The summed E-state index contributed by atoms with van der Waals surface area (Å²) in [6.45, 7) is 3.80. The van der Waals surface area contributed by atoms with E-state index in [1.54, 1.807) is 25.3 Å². The number of aldehydes is 1. The molecule has 0 bridgehead atoms. The average Bonchev–Trinajstić information content (AvgIpc) is 2.39. The van der Waals surface area contributed by atoms with E-state index in [0.29, 0.717) is 30.3 Å². The normalized spacial score (nSPS) is 22.2. The lowest BCUT2D eigenvalue weighted by Crippen LogP contribution is -2.56. The van der Waals surface area contributed by atoms with Gasteiger partial charge in [-0.2, -0.15) is 0 Å². The van der Waals surface area contributed by atoms with Gasteiger partial charge in [-0.15, -0.1) is 12.4 Å². The number of hydrogen-bond donors (Lipinski definition) is 1. The van der Waals surface area contributed by atoms with Crippen molar-refractivity contribution in [1.29, 1.82) is 0 Å². The second kappa shape index (κ2) is 6.75. The van der Waals surface area contributed by atoms with Crippen LogP contribution in [-0.2, 0) is 4.74 Å². The molecule has 0 spiro atoms. The van der Waals surface area contributed by atoms with Gasteiger partial charge in [-0.25, -0.2) is 0 Å². The molecule has 1 aromatic carbocycles. The number of carbonyl (C=O) groups is 1. The third-order valence-corrected chi connectivity index (χ3v) is 2.78. The van der Waals surface area contributed by atoms with Gasteiger partial charge in [-0.1, -0.05) is 0 Å². The average molecular weight is 288 g/mol. The molecule has 1 aliphatic heterocycles. The molecule has 106 valence electrons. The summed E-state index contributed by atoms with van der Waals surface area (Å²) in [5.74, 6) is 1.12. The topological polar surface area (TPSA) is 56.8 Å². The molecule has 2 rings (SSSR count). The summed E-state index contributed by atoms with van der Waals surface area (Å²) >= 11 is 0. The zero-order valence-electron chi connectivity index (χ0n) is 11.0. The van der Waals surface area contributed by atoms with E-state index in [4.69, 9.17) is 14.2 Å². The van der Waals surface area contributed by atoms with Crippen molar-refractivity contribution in [2.75, 3.05) is 26.9 Å². The molecule has 1 aromatic rings. The molecule has 0 saturated carbocycles. The van der Waals surface area contributed by atoms with E-state index in [0.717, 1.165) is 12.8 Å². The predicted molar refractivity (Wildman–Crippen MR) is 73.5 cm³/mol. The number of rotatable bonds is 4. The Morgan fingerprint density at radius 2 is 2.21 bits per heavy atom. The highest BCUT2D eigenvalue weighted by molar-refractivity contribution is 5.85. The molecule has 1 heterocycles. The molecule has 0 amide bonds. The molecule has 1 aliphatic rings. The first-order chi connectivity index (χ1) is 8.67. The molecule has 0 unspecified atom stereocenters. The van der Waals surface area contributed by atoms with Crippen LogP contribution in [0.15, 0.2) is 18.2 Å². The molecule has 1 fully saturated rings. The highest BCUT2D eigenvalue weighted by atomic mass is 35.5. The largest absolute Gasteiger partial charge is 0.493 e. The van der Waals surface area contributed by atoms with Gasteiger partial charge in [0.25, 0.3) is 0 Å². The van der Waals surface area contributed by atoms with E-state index in [2.05, 4.69) is 5.32 Å². The van der Waals surface area contributed by atoms with Crippen LogP contribution in [0, 0.1) is 0 Å². The van der Waals surface area contributed by atoms with Crippen LogP contribution >= 0.6 is 12.4 Å². The number of ether oxygens (including phenoxy) is 3. The number of morpholine rings is 1. The Kier molecular flexibility index (Phi) is 5.60. The van der Waals surface area contributed by atoms with Crippen LogP contribution in [0.4, 0.5) is 0 Å². The Balaban J connectivity index is 0.00000180. The number of methoxy groups -OCH3 is 1. The summed E-state index contributed by atoms with van der Waals surface area (Å²) in [4.78, 5) is 10.7. The third-order valence-electron chi connectivity index (χ3n) is 2.78. The van der Waals surface area contributed by atoms with E-state index in [1.807, 2.05) is 6.92 Å². The van der Waals surface area contributed by atoms with E-state index in [-0.39, 0.29) is 12.4 Å². The van der Waals surface area contributed by atoms with E-state index in [9.17, 15) is 4.79 Å². The van der Waals surface area contributed by atoms with Crippen molar-refractivity contribution in [1.82, 2.24) is 5.32 Å². The van der Waals surface area contributed by atoms with Crippen molar-refractivity contribution in [2.24, 2.45) is 0 Å². The van der Waals surface area contributed by atoms with Gasteiger partial charge in [0.2, 0.25) is 0 Å². The lowest BCUT2D eigenvalue weighted by atomic mass is 10.2. The Morgan fingerprint density at radius 3 is 2.79 bits per heavy atom. The molecule has 19 heavy (non-hydrogen) atoms. The van der Waals surface area contributed by atoms with Gasteiger partial charge in [0.15, 0.2) is 17.2 Å². The predicted octanol–water partition coefficient (Wildman–Crippen LogP) is 1.64. The van der Waals surface area contributed by atoms with Crippen LogP contribution in [0.25, 0.3) is 0 Å². The number of carbonyl (C=O) groups excluding carboxylic acids is 1. The Hall–Kier alpha value is -1.30. The molecule has 5 nitrogen and oxygen atoms in total. The minimum absolute atomic E-state index is 0. The van der Waals surface area contributed by atoms with Crippen molar-refractivity contribution in [3.63, 3.8) is 0 Å². The van der Waals surface area contributed by atoms with Gasteiger partial charge < -0.3 is 14.2 Å². The summed E-state index contributed by atoms with van der Waals surface area (Å²) in [6, 6.07) is 5.07. The fourth-order valence-corrected chi connectivity index (χ4v) is 1.86. The van der Waals surface area contributed by atoms with Crippen molar-refractivity contribution in [2.45, 2.75) is 12.6 Å². The summed E-state index contributed by atoms with van der Waals surface area (Å²) in [5, 5.41) is 3.25. The molecule has 0 radical (unpaired) electrons. The lowest BCUT2D eigenvalue weighted by Gasteiger charge is -2.35. The fraction of sp³-hybridized carbons (Fsp3) is 0.462. The number of halogens is 1. The highest BCUT2D eigenvalue weighted by Crippen LogP contribution is 2.30. The van der Waals surface area contributed by atoms with Crippen LogP contribution < -0.4 is 14.8 Å². The Bertz CT molecular complexity index is 433. The van der Waals surface area contributed by atoms with Gasteiger partial charge >= 0.3 is 0 Å². The number of benzene rings is 1. The van der Waals surface area contributed by atoms with Gasteiger partial charge in [0.1, 0.15) is 12.9 Å². The van der Waals surface area contributed by atoms with Crippen molar-refractivity contribution >= 4 is 18.7 Å². The monoisotopic (exact) mass is 287 g/mol. The minimum atomic E-state index is -0.575. The standard InChI is InChI=1S/C13H17NO4.ClH/c1-13(9-17-6-5-14-13)18-11-4-3-10(8-15)7-12(11)16-2;/h3-4,7-8,14H,5-6,9H2,1-2H3;1H/t13-;/m0./s1. The van der Waals surface area contributed by atoms with Crippen molar-refractivity contribution in [3.8, 4) is 11.5 Å². The van der Waals surface area contributed by atoms with E-state index < -0.39 is 5.72 Å². The summed E-state index contributed by atoms with van der Waals surface area (Å²) in [5.41, 5.74) is -0.0222. The minimum Gasteiger partial charge on any atom is -0.493 e. The summed E-state index contributed by atoms with van der Waals surface area (Å²) < 4.78 is 16.5. The Morgan fingerprint density at radius 1 is 1.42 bits per heavy atom. The van der Waals surface area contributed by atoms with Crippen LogP contribution in [0.1, 0.15) is 17.3 Å². The van der Waals surface area contributed by atoms with Gasteiger partial charge in [-0.05, 0) is 25.1 Å². The van der Waals surface area contributed by atoms with Crippen LogP contribution in [-0.4, -0.2) is 38.9 Å². The maximum absolute atomic E-state index is 10.7. The fourth-order valence-electron chi connectivity index (χ4n) is 1.86. The summed E-state index contributed by atoms with van der Waals surface area (Å²) in [7, 11) is 1.55. The molecule has 6 heteroatoms. The molecular weight excluding hydrogens is 270 g/mol. The van der Waals surface area contributed by atoms with Crippen molar-refractivity contribution < 1.29 is 19.0 Å². The summed E-state index contributed by atoms with van der Waals surface area (Å²) in [6.07, 6.45) is 0.774. The first-order valence-electron chi connectivity index (χ1n) is 5.82. The quantitative estimate of drug-likeness (QED) is 0.853. The molecule has 1 saturated heterocycles.